The molecule has 2 aromatic carbocycles. The predicted molar refractivity (Wildman–Crippen MR) is 115 cm³/mol. The Morgan fingerprint density at radius 2 is 1.79 bits per heavy atom. The minimum absolute atomic E-state index is 0.106. The van der Waals surface area contributed by atoms with E-state index in [4.69, 9.17) is 4.98 Å². The van der Waals surface area contributed by atoms with Crippen LogP contribution in [0.1, 0.15) is 46.2 Å². The van der Waals surface area contributed by atoms with Gasteiger partial charge in [0.2, 0.25) is 0 Å². The van der Waals surface area contributed by atoms with Crippen molar-refractivity contribution in [1.29, 1.82) is 0 Å². The van der Waals surface area contributed by atoms with Gasteiger partial charge in [-0.3, -0.25) is 9.78 Å². The lowest BCUT2D eigenvalue weighted by Gasteiger charge is -2.31. The average molecular weight is 384 g/mol. The molecule has 1 amide bonds. The molecule has 0 aliphatic carbocycles. The van der Waals surface area contributed by atoms with Gasteiger partial charge in [-0.15, -0.1) is 0 Å². The molecule has 1 N–H and O–H groups in total. The van der Waals surface area contributed by atoms with Gasteiger partial charge >= 0.3 is 0 Å². The Balaban J connectivity index is 1.37. The summed E-state index contributed by atoms with van der Waals surface area (Å²) in [5.41, 5.74) is 5.75. The summed E-state index contributed by atoms with van der Waals surface area (Å²) in [5.74, 6) is 1.51. The molecular weight excluding hydrogens is 360 g/mol. The number of para-hydroxylation sites is 2. The molecule has 0 atom stereocenters. The van der Waals surface area contributed by atoms with Crippen LogP contribution in [-0.2, 0) is 0 Å². The van der Waals surface area contributed by atoms with Crippen LogP contribution in [0.4, 0.5) is 0 Å². The zero-order chi connectivity index (χ0) is 20.0. The molecular formula is C24H24N4O. The van der Waals surface area contributed by atoms with E-state index in [1.165, 1.54) is 0 Å². The molecule has 29 heavy (non-hydrogen) atoms. The number of piperidine rings is 1. The standard InChI is InChI=1S/C24H24N4O/c1-15-7-8-20-18(13-15)19(14-16(2)25-20)24(29)28-11-9-17(10-12-28)23-26-21-5-3-4-6-22(21)27-23/h3-8,13-14,17H,9-12H2,1-2H3,(H,26,27). The smallest absolute Gasteiger partial charge is 0.254 e. The SMILES string of the molecule is Cc1ccc2nc(C)cc(C(=O)N3CCC(c4nc5ccccc5[nH]4)CC3)c2c1. The number of carbonyl (C=O) groups excluding carboxylic acids is 1. The number of rotatable bonds is 2. The van der Waals surface area contributed by atoms with E-state index in [-0.39, 0.29) is 5.91 Å². The highest BCUT2D eigenvalue weighted by Gasteiger charge is 2.27. The van der Waals surface area contributed by atoms with E-state index >= 15 is 0 Å². The molecule has 3 heterocycles. The number of hydrogen-bond donors (Lipinski definition) is 1. The first kappa shape index (κ1) is 17.9. The van der Waals surface area contributed by atoms with Crippen LogP contribution in [0.2, 0.25) is 0 Å². The van der Waals surface area contributed by atoms with Crippen LogP contribution in [0.25, 0.3) is 21.9 Å². The second-order valence-corrected chi connectivity index (χ2v) is 8.04. The maximum Gasteiger partial charge on any atom is 0.254 e. The van der Waals surface area contributed by atoms with Gasteiger partial charge in [0.05, 0.1) is 22.1 Å². The lowest BCUT2D eigenvalue weighted by molar-refractivity contribution is 0.0713. The van der Waals surface area contributed by atoms with E-state index in [1.54, 1.807) is 0 Å². The van der Waals surface area contributed by atoms with Gasteiger partial charge in [0.1, 0.15) is 5.82 Å². The number of aryl methyl sites for hydroxylation is 2. The summed E-state index contributed by atoms with van der Waals surface area (Å²) in [6, 6.07) is 16.2. The fourth-order valence-electron chi connectivity index (χ4n) is 4.34. The Bertz CT molecular complexity index is 1190. The fraction of sp³-hybridized carbons (Fsp3) is 0.292. The summed E-state index contributed by atoms with van der Waals surface area (Å²) in [4.78, 5) is 28.1. The average Bonchev–Trinajstić information content (AvgIpc) is 3.17. The normalized spacial score (nSPS) is 15.3. The van der Waals surface area contributed by atoms with Gasteiger partial charge in [-0.1, -0.05) is 23.8 Å². The number of carbonyl (C=O) groups is 1. The molecule has 1 aliphatic rings. The van der Waals surface area contributed by atoms with Crippen LogP contribution in [-0.4, -0.2) is 38.8 Å². The van der Waals surface area contributed by atoms with E-state index in [2.05, 4.69) is 22.1 Å². The van der Waals surface area contributed by atoms with Gasteiger partial charge in [-0.25, -0.2) is 4.98 Å². The summed E-state index contributed by atoms with van der Waals surface area (Å²) < 4.78 is 0. The zero-order valence-electron chi connectivity index (χ0n) is 16.8. The second kappa shape index (κ2) is 6.99. The number of benzene rings is 2. The molecule has 5 heteroatoms. The first-order valence-electron chi connectivity index (χ1n) is 10.2. The predicted octanol–water partition coefficient (Wildman–Crippen LogP) is 4.75. The Hall–Kier alpha value is -3.21. The van der Waals surface area contributed by atoms with Gasteiger partial charge in [-0.2, -0.15) is 0 Å². The highest BCUT2D eigenvalue weighted by molar-refractivity contribution is 6.06. The van der Waals surface area contributed by atoms with Gasteiger partial charge in [0.15, 0.2) is 0 Å². The molecule has 0 bridgehead atoms. The van der Waals surface area contributed by atoms with Crippen molar-refractivity contribution in [1.82, 2.24) is 19.9 Å². The topological polar surface area (TPSA) is 61.9 Å². The van der Waals surface area contributed by atoms with E-state index in [1.807, 2.05) is 55.1 Å². The van der Waals surface area contributed by atoms with E-state index in [0.29, 0.717) is 5.92 Å². The molecule has 0 spiro atoms. The lowest BCUT2D eigenvalue weighted by atomic mass is 9.95. The van der Waals surface area contributed by atoms with Crippen molar-refractivity contribution in [3.05, 3.63) is 71.2 Å². The minimum atomic E-state index is 0.106. The molecule has 1 aliphatic heterocycles. The van der Waals surface area contributed by atoms with Gasteiger partial charge in [0.25, 0.3) is 5.91 Å². The van der Waals surface area contributed by atoms with Crippen LogP contribution < -0.4 is 0 Å². The van der Waals surface area contributed by atoms with Crippen molar-refractivity contribution in [2.75, 3.05) is 13.1 Å². The summed E-state index contributed by atoms with van der Waals surface area (Å²) >= 11 is 0. The number of fused-ring (bicyclic) bond motifs is 2. The van der Waals surface area contributed by atoms with Crippen molar-refractivity contribution < 1.29 is 4.79 Å². The van der Waals surface area contributed by atoms with Gasteiger partial charge in [-0.05, 0) is 57.0 Å². The number of nitrogens with one attached hydrogen (secondary N) is 1. The van der Waals surface area contributed by atoms with Crippen molar-refractivity contribution in [3.8, 4) is 0 Å². The largest absolute Gasteiger partial charge is 0.342 e. The number of aromatic nitrogens is 3. The molecule has 5 nitrogen and oxygen atoms in total. The summed E-state index contributed by atoms with van der Waals surface area (Å²) in [6.45, 7) is 5.49. The number of aromatic amines is 1. The molecule has 1 fully saturated rings. The maximum absolute atomic E-state index is 13.3. The third-order valence-corrected chi connectivity index (χ3v) is 5.90. The number of imidazole rings is 1. The van der Waals surface area contributed by atoms with Crippen LogP contribution in [0.15, 0.2) is 48.5 Å². The van der Waals surface area contributed by atoms with E-state index < -0.39 is 0 Å². The third kappa shape index (κ3) is 3.27. The fourth-order valence-corrected chi connectivity index (χ4v) is 4.34. The minimum Gasteiger partial charge on any atom is -0.342 e. The monoisotopic (exact) mass is 384 g/mol. The molecule has 4 aromatic rings. The second-order valence-electron chi connectivity index (χ2n) is 8.04. The Morgan fingerprint density at radius 1 is 1.00 bits per heavy atom. The van der Waals surface area contributed by atoms with Crippen LogP contribution >= 0.6 is 0 Å². The Kier molecular flexibility index (Phi) is 4.31. The summed E-state index contributed by atoms with van der Waals surface area (Å²) in [5, 5.41) is 0.944. The molecule has 0 radical (unpaired) electrons. The van der Waals surface area contributed by atoms with Crippen molar-refractivity contribution in [2.45, 2.75) is 32.6 Å². The number of likely N-dealkylation sites (tertiary alicyclic amines) is 1. The maximum atomic E-state index is 13.3. The van der Waals surface area contributed by atoms with Crippen molar-refractivity contribution in [2.24, 2.45) is 0 Å². The molecule has 146 valence electrons. The number of nitrogens with zero attached hydrogens (tertiary/aromatic N) is 3. The molecule has 2 aromatic heterocycles. The van der Waals surface area contributed by atoms with Crippen molar-refractivity contribution in [3.63, 3.8) is 0 Å². The highest BCUT2D eigenvalue weighted by Crippen LogP contribution is 2.29. The summed E-state index contributed by atoms with van der Waals surface area (Å²) in [7, 11) is 0. The van der Waals surface area contributed by atoms with Crippen LogP contribution in [0, 0.1) is 13.8 Å². The quantitative estimate of drug-likeness (QED) is 0.543. The first-order valence-corrected chi connectivity index (χ1v) is 10.2. The Labute approximate surface area is 169 Å². The third-order valence-electron chi connectivity index (χ3n) is 5.90. The molecule has 0 unspecified atom stereocenters. The summed E-state index contributed by atoms with van der Waals surface area (Å²) in [6.07, 6.45) is 1.85. The van der Waals surface area contributed by atoms with Gasteiger partial charge < -0.3 is 9.88 Å². The Morgan fingerprint density at radius 3 is 2.59 bits per heavy atom. The lowest BCUT2D eigenvalue weighted by Crippen LogP contribution is -2.38. The number of H-pyrrole nitrogens is 1. The van der Waals surface area contributed by atoms with E-state index in [9.17, 15) is 4.79 Å². The van der Waals surface area contributed by atoms with Crippen molar-refractivity contribution >= 4 is 27.8 Å². The number of hydrogen-bond acceptors (Lipinski definition) is 3. The number of pyridine rings is 1. The van der Waals surface area contributed by atoms with E-state index in [0.717, 1.165) is 70.5 Å². The molecule has 5 rings (SSSR count). The number of amides is 1. The highest BCUT2D eigenvalue weighted by atomic mass is 16.2. The van der Waals surface area contributed by atoms with Gasteiger partial charge in [0, 0.05) is 30.1 Å². The first-order chi connectivity index (χ1) is 14.1. The zero-order valence-corrected chi connectivity index (χ0v) is 16.8. The molecule has 0 saturated carbocycles. The molecule has 1 saturated heterocycles. The van der Waals surface area contributed by atoms with Crippen LogP contribution in [0.3, 0.4) is 0 Å². The van der Waals surface area contributed by atoms with Crippen LogP contribution in [0.5, 0.6) is 0 Å².